The molecule has 1 N–H and O–H groups in total. The monoisotopic (exact) mass is 200 g/mol. The molecule has 1 heterocycles. The van der Waals surface area contributed by atoms with Gasteiger partial charge in [-0.05, 0) is 5.56 Å². The van der Waals surface area contributed by atoms with E-state index in [0.29, 0.717) is 0 Å². The lowest BCUT2D eigenvalue weighted by Crippen LogP contribution is -2.44. The van der Waals surface area contributed by atoms with Crippen LogP contribution in [0.4, 0.5) is 0 Å². The average molecular weight is 200 g/mol. The molecule has 15 heavy (non-hydrogen) atoms. The van der Waals surface area contributed by atoms with Crippen molar-refractivity contribution in [2.75, 3.05) is 26.2 Å². The van der Waals surface area contributed by atoms with Gasteiger partial charge < -0.3 is 5.32 Å². The Morgan fingerprint density at radius 3 is 2.47 bits per heavy atom. The van der Waals surface area contributed by atoms with Crippen LogP contribution in [0.2, 0.25) is 0 Å². The number of nitrogens with zero attached hydrogens (tertiary/aromatic N) is 1. The molecule has 2 nitrogen and oxygen atoms in total. The third kappa shape index (κ3) is 2.38. The minimum Gasteiger partial charge on any atom is -0.314 e. The van der Waals surface area contributed by atoms with Crippen LogP contribution < -0.4 is 5.32 Å². The van der Waals surface area contributed by atoms with Crippen molar-refractivity contribution < 1.29 is 0 Å². The van der Waals surface area contributed by atoms with Crippen LogP contribution in [0.3, 0.4) is 0 Å². The van der Waals surface area contributed by atoms with E-state index in [1.165, 1.54) is 5.56 Å². The van der Waals surface area contributed by atoms with Gasteiger partial charge >= 0.3 is 0 Å². The van der Waals surface area contributed by atoms with Crippen molar-refractivity contribution in [3.8, 4) is 12.3 Å². The SMILES string of the molecule is C#CC(c1ccccc1)N1CCNCC1. The molecule has 1 aromatic carbocycles. The van der Waals surface area contributed by atoms with Crippen LogP contribution in [0.15, 0.2) is 30.3 Å². The Bertz CT molecular complexity index is 333. The van der Waals surface area contributed by atoms with Crippen LogP contribution in [0, 0.1) is 12.3 Å². The van der Waals surface area contributed by atoms with E-state index in [9.17, 15) is 0 Å². The van der Waals surface area contributed by atoms with Gasteiger partial charge in [-0.2, -0.15) is 0 Å². The second-order valence-electron chi connectivity index (χ2n) is 3.77. The van der Waals surface area contributed by atoms with Crippen molar-refractivity contribution in [2.45, 2.75) is 6.04 Å². The first-order chi connectivity index (χ1) is 7.42. The van der Waals surface area contributed by atoms with E-state index in [1.807, 2.05) is 18.2 Å². The van der Waals surface area contributed by atoms with Gasteiger partial charge in [0.15, 0.2) is 0 Å². The molecule has 1 atom stereocenters. The third-order valence-corrected chi connectivity index (χ3v) is 2.79. The predicted octanol–water partition coefficient (Wildman–Crippen LogP) is 1.27. The number of benzene rings is 1. The summed E-state index contributed by atoms with van der Waals surface area (Å²) >= 11 is 0. The Labute approximate surface area is 91.3 Å². The highest BCUT2D eigenvalue weighted by atomic mass is 15.2. The second kappa shape index (κ2) is 4.97. The lowest BCUT2D eigenvalue weighted by atomic mass is 10.1. The average Bonchev–Trinajstić information content (AvgIpc) is 2.33. The summed E-state index contributed by atoms with van der Waals surface area (Å²) in [6, 6.07) is 10.4. The molecule has 0 bridgehead atoms. The largest absolute Gasteiger partial charge is 0.314 e. The Hall–Kier alpha value is -1.30. The fourth-order valence-electron chi connectivity index (χ4n) is 1.99. The first-order valence-electron chi connectivity index (χ1n) is 5.37. The molecule has 0 aliphatic carbocycles. The highest BCUT2D eigenvalue weighted by Gasteiger charge is 2.19. The van der Waals surface area contributed by atoms with Gasteiger partial charge in [0.25, 0.3) is 0 Å². The summed E-state index contributed by atoms with van der Waals surface area (Å²) in [6.45, 7) is 4.13. The summed E-state index contributed by atoms with van der Waals surface area (Å²) in [5, 5.41) is 3.33. The minimum atomic E-state index is 0.133. The number of terminal acetylenes is 1. The van der Waals surface area contributed by atoms with Crippen molar-refractivity contribution in [1.29, 1.82) is 0 Å². The number of hydrogen-bond donors (Lipinski definition) is 1. The first kappa shape index (κ1) is 10.2. The summed E-state index contributed by atoms with van der Waals surface area (Å²) in [6.07, 6.45) is 5.62. The highest BCUT2D eigenvalue weighted by molar-refractivity contribution is 5.25. The molecule has 0 aromatic heterocycles. The summed E-state index contributed by atoms with van der Waals surface area (Å²) in [4.78, 5) is 2.35. The van der Waals surface area contributed by atoms with E-state index < -0.39 is 0 Å². The molecular formula is C13H16N2. The van der Waals surface area contributed by atoms with E-state index in [1.54, 1.807) is 0 Å². The molecule has 2 rings (SSSR count). The van der Waals surface area contributed by atoms with Gasteiger partial charge in [-0.15, -0.1) is 6.42 Å². The van der Waals surface area contributed by atoms with Crippen molar-refractivity contribution in [3.05, 3.63) is 35.9 Å². The molecule has 0 saturated carbocycles. The van der Waals surface area contributed by atoms with E-state index >= 15 is 0 Å². The van der Waals surface area contributed by atoms with Gasteiger partial charge in [0.1, 0.15) is 0 Å². The zero-order chi connectivity index (χ0) is 10.5. The van der Waals surface area contributed by atoms with Crippen molar-refractivity contribution in [2.24, 2.45) is 0 Å². The fraction of sp³-hybridized carbons (Fsp3) is 0.385. The lowest BCUT2D eigenvalue weighted by molar-refractivity contribution is 0.209. The molecule has 1 fully saturated rings. The van der Waals surface area contributed by atoms with Crippen LogP contribution in [0.25, 0.3) is 0 Å². The fourth-order valence-corrected chi connectivity index (χ4v) is 1.99. The van der Waals surface area contributed by atoms with Crippen LogP contribution in [0.1, 0.15) is 11.6 Å². The summed E-state index contributed by atoms with van der Waals surface area (Å²) in [5.41, 5.74) is 1.22. The molecular weight excluding hydrogens is 184 g/mol. The number of hydrogen-bond acceptors (Lipinski definition) is 2. The van der Waals surface area contributed by atoms with Gasteiger partial charge in [-0.3, -0.25) is 4.90 Å². The quantitative estimate of drug-likeness (QED) is 0.723. The molecule has 1 unspecified atom stereocenters. The molecule has 1 aliphatic rings. The topological polar surface area (TPSA) is 15.3 Å². The van der Waals surface area contributed by atoms with Crippen LogP contribution in [-0.4, -0.2) is 31.1 Å². The number of piperazine rings is 1. The van der Waals surface area contributed by atoms with Gasteiger partial charge in [0.05, 0.1) is 6.04 Å². The minimum absolute atomic E-state index is 0.133. The normalized spacial score (nSPS) is 19.4. The number of rotatable bonds is 2. The molecule has 1 aliphatic heterocycles. The molecule has 2 heteroatoms. The smallest absolute Gasteiger partial charge is 0.0969 e. The Morgan fingerprint density at radius 2 is 1.87 bits per heavy atom. The maximum atomic E-state index is 5.62. The standard InChI is InChI=1S/C13H16N2/c1-2-13(12-6-4-3-5-7-12)15-10-8-14-9-11-15/h1,3-7,13-14H,8-11H2. The third-order valence-electron chi connectivity index (χ3n) is 2.79. The molecule has 1 aromatic rings. The van der Waals surface area contributed by atoms with Crippen LogP contribution >= 0.6 is 0 Å². The lowest BCUT2D eigenvalue weighted by Gasteiger charge is -2.32. The Balaban J connectivity index is 2.14. The van der Waals surface area contributed by atoms with Gasteiger partial charge in [-0.25, -0.2) is 0 Å². The second-order valence-corrected chi connectivity index (χ2v) is 3.77. The summed E-state index contributed by atoms with van der Waals surface area (Å²) in [5.74, 6) is 2.89. The molecule has 0 spiro atoms. The Morgan fingerprint density at radius 1 is 1.20 bits per heavy atom. The van der Waals surface area contributed by atoms with E-state index in [4.69, 9.17) is 6.42 Å². The maximum Gasteiger partial charge on any atom is 0.0969 e. The molecule has 0 radical (unpaired) electrons. The van der Waals surface area contributed by atoms with Crippen molar-refractivity contribution in [3.63, 3.8) is 0 Å². The predicted molar refractivity (Wildman–Crippen MR) is 62.5 cm³/mol. The highest BCUT2D eigenvalue weighted by Crippen LogP contribution is 2.19. The van der Waals surface area contributed by atoms with E-state index in [0.717, 1.165) is 26.2 Å². The summed E-state index contributed by atoms with van der Waals surface area (Å²) < 4.78 is 0. The van der Waals surface area contributed by atoms with Gasteiger partial charge in [0, 0.05) is 26.2 Å². The molecule has 78 valence electrons. The molecule has 1 saturated heterocycles. The zero-order valence-corrected chi connectivity index (χ0v) is 8.82. The summed E-state index contributed by atoms with van der Waals surface area (Å²) in [7, 11) is 0. The first-order valence-corrected chi connectivity index (χ1v) is 5.37. The zero-order valence-electron chi connectivity index (χ0n) is 8.82. The Kier molecular flexibility index (Phi) is 3.39. The van der Waals surface area contributed by atoms with Crippen LogP contribution in [-0.2, 0) is 0 Å². The van der Waals surface area contributed by atoms with Gasteiger partial charge in [-0.1, -0.05) is 36.3 Å². The van der Waals surface area contributed by atoms with Crippen molar-refractivity contribution >= 4 is 0 Å². The van der Waals surface area contributed by atoms with Crippen molar-refractivity contribution in [1.82, 2.24) is 10.2 Å². The molecule has 0 amide bonds. The van der Waals surface area contributed by atoms with E-state index in [2.05, 4.69) is 28.3 Å². The maximum absolute atomic E-state index is 5.62. The van der Waals surface area contributed by atoms with Crippen LogP contribution in [0.5, 0.6) is 0 Å². The number of nitrogens with one attached hydrogen (secondary N) is 1. The van der Waals surface area contributed by atoms with Gasteiger partial charge in [0.2, 0.25) is 0 Å². The van der Waals surface area contributed by atoms with E-state index in [-0.39, 0.29) is 6.04 Å².